The van der Waals surface area contributed by atoms with Gasteiger partial charge in [0.2, 0.25) is 0 Å². The minimum absolute atomic E-state index is 0.0692. The molecule has 3 amide bonds. The van der Waals surface area contributed by atoms with Gasteiger partial charge in [0.15, 0.2) is 0 Å². The van der Waals surface area contributed by atoms with Gasteiger partial charge in [-0.05, 0) is 17.5 Å². The van der Waals surface area contributed by atoms with Crippen LogP contribution in [0.4, 0.5) is 18.0 Å². The summed E-state index contributed by atoms with van der Waals surface area (Å²) in [6.45, 7) is 3.85. The summed E-state index contributed by atoms with van der Waals surface area (Å²) in [5.74, 6) is -2.08. The zero-order valence-electron chi connectivity index (χ0n) is 19.2. The van der Waals surface area contributed by atoms with Crippen LogP contribution in [-0.4, -0.2) is 69.9 Å². The molecule has 10 heteroatoms. The van der Waals surface area contributed by atoms with Crippen LogP contribution in [-0.2, 0) is 17.9 Å². The number of urea groups is 1. The Morgan fingerprint density at radius 2 is 1.49 bits per heavy atom. The Kier molecular flexibility index (Phi) is 8.89. The second-order valence-electron chi connectivity index (χ2n) is 8.39. The minimum atomic E-state index is -5.04. The summed E-state index contributed by atoms with van der Waals surface area (Å²) in [4.78, 5) is 29.6. The SMILES string of the molecule is C=CC[C@H](O)[C@H](CNC(=O)C(F)(F)F)N1CN(Cc2ccccc2)C(=O)N(Cc2ccccc2)C1. The van der Waals surface area contributed by atoms with E-state index in [1.807, 2.05) is 66.0 Å². The van der Waals surface area contributed by atoms with Crippen LogP contribution < -0.4 is 5.32 Å². The number of rotatable bonds is 10. The third-order valence-corrected chi connectivity index (χ3v) is 5.73. The molecule has 0 saturated carbocycles. The Labute approximate surface area is 202 Å². The molecule has 7 nitrogen and oxygen atoms in total. The van der Waals surface area contributed by atoms with Gasteiger partial charge in [-0.2, -0.15) is 13.2 Å². The van der Waals surface area contributed by atoms with Crippen molar-refractivity contribution < 1.29 is 27.9 Å². The standard InChI is InChI=1S/C25H29F3N4O3/c1-2-9-22(33)21(14-29-23(34)25(26,27)28)32-17-30(15-19-10-5-3-6-11-19)24(35)31(18-32)16-20-12-7-4-8-13-20/h2-8,10-13,21-22,33H,1,9,14-18H2,(H,29,34)/t21-,22-/m0/s1. The van der Waals surface area contributed by atoms with Crippen molar-refractivity contribution in [2.45, 2.75) is 37.8 Å². The van der Waals surface area contributed by atoms with Gasteiger partial charge >= 0.3 is 18.1 Å². The Balaban J connectivity index is 1.86. The first-order valence-electron chi connectivity index (χ1n) is 11.2. The maximum atomic E-state index is 13.3. The van der Waals surface area contributed by atoms with Crippen LogP contribution in [0.5, 0.6) is 0 Å². The maximum absolute atomic E-state index is 13.3. The van der Waals surface area contributed by atoms with Crippen molar-refractivity contribution in [3.8, 4) is 0 Å². The molecule has 2 aromatic carbocycles. The lowest BCUT2D eigenvalue weighted by Gasteiger charge is -2.46. The van der Waals surface area contributed by atoms with Gasteiger partial charge in [-0.25, -0.2) is 4.79 Å². The average molecular weight is 491 g/mol. The fraction of sp³-hybridized carbons (Fsp3) is 0.360. The number of hydrogen-bond donors (Lipinski definition) is 2. The first-order chi connectivity index (χ1) is 16.7. The van der Waals surface area contributed by atoms with E-state index in [9.17, 15) is 27.9 Å². The highest BCUT2D eigenvalue weighted by Crippen LogP contribution is 2.21. The Morgan fingerprint density at radius 1 is 1.00 bits per heavy atom. The summed E-state index contributed by atoms with van der Waals surface area (Å²) >= 11 is 0. The topological polar surface area (TPSA) is 76.1 Å². The number of carbonyl (C=O) groups excluding carboxylic acids is 2. The minimum Gasteiger partial charge on any atom is -0.391 e. The van der Waals surface area contributed by atoms with Gasteiger partial charge in [0.25, 0.3) is 0 Å². The summed E-state index contributed by atoms with van der Waals surface area (Å²) < 4.78 is 38.4. The number of aliphatic hydroxyl groups excluding tert-OH is 1. The van der Waals surface area contributed by atoms with Crippen LogP contribution in [0.25, 0.3) is 0 Å². The van der Waals surface area contributed by atoms with Gasteiger partial charge in [0.05, 0.1) is 25.5 Å². The maximum Gasteiger partial charge on any atom is 0.471 e. The molecule has 0 unspecified atom stereocenters. The molecule has 2 atom stereocenters. The van der Waals surface area contributed by atoms with Crippen LogP contribution in [0.3, 0.4) is 0 Å². The van der Waals surface area contributed by atoms with E-state index >= 15 is 0 Å². The average Bonchev–Trinajstić information content (AvgIpc) is 2.82. The third-order valence-electron chi connectivity index (χ3n) is 5.73. The molecule has 0 spiro atoms. The summed E-state index contributed by atoms with van der Waals surface area (Å²) in [5.41, 5.74) is 1.77. The van der Waals surface area contributed by atoms with Crippen molar-refractivity contribution in [2.24, 2.45) is 0 Å². The number of aliphatic hydroxyl groups is 1. The molecule has 0 radical (unpaired) electrons. The van der Waals surface area contributed by atoms with Crippen LogP contribution in [0.2, 0.25) is 0 Å². The second kappa shape index (κ2) is 11.9. The number of nitrogens with zero attached hydrogens (tertiary/aromatic N) is 3. The lowest BCUT2D eigenvalue weighted by molar-refractivity contribution is -0.174. The smallest absolute Gasteiger partial charge is 0.391 e. The first kappa shape index (κ1) is 26.2. The highest BCUT2D eigenvalue weighted by Gasteiger charge is 2.41. The van der Waals surface area contributed by atoms with Gasteiger partial charge in [-0.3, -0.25) is 9.69 Å². The molecular formula is C25H29F3N4O3. The fourth-order valence-corrected chi connectivity index (χ4v) is 3.99. The van der Waals surface area contributed by atoms with Crippen molar-refractivity contribution in [3.05, 3.63) is 84.4 Å². The molecule has 3 rings (SSSR count). The molecule has 1 aliphatic heterocycles. The molecular weight excluding hydrogens is 461 g/mol. The molecule has 1 saturated heterocycles. The van der Waals surface area contributed by atoms with E-state index in [4.69, 9.17) is 0 Å². The number of nitrogens with one attached hydrogen (secondary N) is 1. The molecule has 0 aromatic heterocycles. The quantitative estimate of drug-likeness (QED) is 0.501. The van der Waals surface area contributed by atoms with Crippen LogP contribution in [0, 0.1) is 0 Å². The number of carbonyl (C=O) groups is 2. The van der Waals surface area contributed by atoms with Crippen LogP contribution in [0.1, 0.15) is 17.5 Å². The molecule has 0 aliphatic carbocycles. The molecule has 188 valence electrons. The number of alkyl halides is 3. The van der Waals surface area contributed by atoms with Crippen molar-refractivity contribution >= 4 is 11.9 Å². The van der Waals surface area contributed by atoms with E-state index in [1.54, 1.807) is 14.7 Å². The predicted molar refractivity (Wildman–Crippen MR) is 125 cm³/mol. The predicted octanol–water partition coefficient (Wildman–Crippen LogP) is 3.33. The molecule has 0 bridgehead atoms. The van der Waals surface area contributed by atoms with E-state index in [2.05, 4.69) is 6.58 Å². The lowest BCUT2D eigenvalue weighted by atomic mass is 10.1. The zero-order valence-corrected chi connectivity index (χ0v) is 19.2. The summed E-state index contributed by atoms with van der Waals surface area (Å²) in [6.07, 6.45) is -4.58. The third kappa shape index (κ3) is 7.30. The second-order valence-corrected chi connectivity index (χ2v) is 8.39. The monoisotopic (exact) mass is 490 g/mol. The van der Waals surface area contributed by atoms with Crippen molar-refractivity contribution in [1.82, 2.24) is 20.0 Å². The van der Waals surface area contributed by atoms with Crippen LogP contribution >= 0.6 is 0 Å². The normalized spacial score (nSPS) is 16.6. The lowest BCUT2D eigenvalue weighted by Crippen LogP contribution is -2.63. The highest BCUT2D eigenvalue weighted by atomic mass is 19.4. The largest absolute Gasteiger partial charge is 0.471 e. The Bertz CT molecular complexity index is 935. The highest BCUT2D eigenvalue weighted by molar-refractivity contribution is 5.81. The van der Waals surface area contributed by atoms with Crippen LogP contribution in [0.15, 0.2) is 73.3 Å². The molecule has 1 aliphatic rings. The first-order valence-corrected chi connectivity index (χ1v) is 11.2. The molecule has 35 heavy (non-hydrogen) atoms. The summed E-state index contributed by atoms with van der Waals surface area (Å²) in [7, 11) is 0. The molecule has 1 heterocycles. The van der Waals surface area contributed by atoms with E-state index in [0.29, 0.717) is 0 Å². The van der Waals surface area contributed by atoms with E-state index < -0.39 is 30.8 Å². The fourth-order valence-electron chi connectivity index (χ4n) is 3.99. The molecule has 2 N–H and O–H groups in total. The zero-order chi connectivity index (χ0) is 25.4. The van der Waals surface area contributed by atoms with Gasteiger partial charge in [0, 0.05) is 19.6 Å². The summed E-state index contributed by atoms with van der Waals surface area (Å²) in [6, 6.07) is 17.5. The Morgan fingerprint density at radius 3 is 1.91 bits per heavy atom. The van der Waals surface area contributed by atoms with E-state index in [0.717, 1.165) is 11.1 Å². The van der Waals surface area contributed by atoms with Crippen molar-refractivity contribution in [3.63, 3.8) is 0 Å². The van der Waals surface area contributed by atoms with E-state index in [1.165, 1.54) is 6.08 Å². The summed E-state index contributed by atoms with van der Waals surface area (Å²) in [5, 5.41) is 12.6. The molecule has 2 aromatic rings. The number of amides is 3. The van der Waals surface area contributed by atoms with Gasteiger partial charge in [-0.1, -0.05) is 66.7 Å². The number of benzene rings is 2. The van der Waals surface area contributed by atoms with Gasteiger partial charge < -0.3 is 20.2 Å². The molecule has 1 fully saturated rings. The van der Waals surface area contributed by atoms with Gasteiger partial charge in [0.1, 0.15) is 0 Å². The Hall–Kier alpha value is -3.37. The number of hydrogen-bond acceptors (Lipinski definition) is 4. The van der Waals surface area contributed by atoms with Crippen molar-refractivity contribution in [2.75, 3.05) is 19.9 Å². The number of halogens is 3. The van der Waals surface area contributed by atoms with Crippen molar-refractivity contribution in [1.29, 1.82) is 0 Å². The van der Waals surface area contributed by atoms with Gasteiger partial charge in [-0.15, -0.1) is 6.58 Å². The van der Waals surface area contributed by atoms with E-state index in [-0.39, 0.29) is 38.9 Å².